The van der Waals surface area contributed by atoms with Crippen molar-refractivity contribution in [1.29, 1.82) is 0 Å². The molecule has 0 unspecified atom stereocenters. The van der Waals surface area contributed by atoms with Gasteiger partial charge in [0.1, 0.15) is 23.8 Å². The van der Waals surface area contributed by atoms with E-state index in [4.69, 9.17) is 26.1 Å². The van der Waals surface area contributed by atoms with Crippen molar-refractivity contribution in [2.75, 3.05) is 13.1 Å². The number of aryl methyl sites for hydroxylation is 1. The number of nitrogens with zero attached hydrogens (tertiary/aromatic N) is 3. The number of ether oxygens (including phenoxy) is 2. The predicted octanol–water partition coefficient (Wildman–Crippen LogP) is 6.31. The molecule has 1 fully saturated rings. The number of amides is 1. The molecule has 2 aromatic carbocycles. The van der Waals surface area contributed by atoms with E-state index < -0.39 is 5.60 Å². The van der Waals surface area contributed by atoms with Gasteiger partial charge in [0.05, 0.1) is 11.0 Å². The second kappa shape index (κ2) is 10.0. The van der Waals surface area contributed by atoms with E-state index in [1.807, 2.05) is 68.1 Å². The highest BCUT2D eigenvalue weighted by atomic mass is 35.5. The molecule has 0 bridgehead atoms. The minimum absolute atomic E-state index is 0.205. The highest BCUT2D eigenvalue weighted by molar-refractivity contribution is 6.30. The van der Waals surface area contributed by atoms with Gasteiger partial charge in [-0.05, 0) is 82.3 Å². The third kappa shape index (κ3) is 6.20. The first-order chi connectivity index (χ1) is 15.8. The van der Waals surface area contributed by atoms with Gasteiger partial charge in [0.2, 0.25) is 0 Å². The quantitative estimate of drug-likeness (QED) is 0.424. The van der Waals surface area contributed by atoms with Crippen molar-refractivity contribution in [3.8, 4) is 5.75 Å². The van der Waals surface area contributed by atoms with Crippen LogP contribution in [0.2, 0.25) is 5.02 Å². The minimum atomic E-state index is -0.457. The molecule has 0 atom stereocenters. The Morgan fingerprint density at radius 2 is 1.79 bits per heavy atom. The number of hydrogen-bond donors (Lipinski definition) is 0. The van der Waals surface area contributed by atoms with Crippen LogP contribution in [0.25, 0.3) is 11.0 Å². The number of likely N-dealkylation sites (tertiary alicyclic amines) is 1. The van der Waals surface area contributed by atoms with E-state index in [9.17, 15) is 4.79 Å². The zero-order chi connectivity index (χ0) is 23.4. The normalized spacial score (nSPS) is 15.1. The first kappa shape index (κ1) is 23.4. The first-order valence-electron chi connectivity index (χ1n) is 11.6. The molecule has 1 aromatic heterocycles. The first-order valence-corrected chi connectivity index (χ1v) is 12.0. The summed E-state index contributed by atoms with van der Waals surface area (Å²) in [6, 6.07) is 15.6. The highest BCUT2D eigenvalue weighted by Gasteiger charge is 2.27. The molecule has 0 aliphatic carbocycles. The van der Waals surface area contributed by atoms with Gasteiger partial charge < -0.3 is 18.9 Å². The van der Waals surface area contributed by atoms with Crippen LogP contribution >= 0.6 is 11.6 Å². The Balaban J connectivity index is 1.37. The maximum absolute atomic E-state index is 12.3. The van der Waals surface area contributed by atoms with Gasteiger partial charge in [-0.15, -0.1) is 0 Å². The van der Waals surface area contributed by atoms with Gasteiger partial charge in [-0.3, -0.25) is 0 Å². The van der Waals surface area contributed by atoms with Crippen molar-refractivity contribution >= 4 is 28.7 Å². The number of hydrogen-bond acceptors (Lipinski definition) is 4. The summed E-state index contributed by atoms with van der Waals surface area (Å²) in [5.41, 5.74) is 1.64. The Bertz CT molecular complexity index is 1080. The molecular weight excluding hydrogens is 438 g/mol. The van der Waals surface area contributed by atoms with Gasteiger partial charge in [-0.2, -0.15) is 0 Å². The summed E-state index contributed by atoms with van der Waals surface area (Å²) in [6.07, 6.45) is 2.81. The summed E-state index contributed by atoms with van der Waals surface area (Å²) in [5.74, 6) is 2.25. The van der Waals surface area contributed by atoms with Crippen molar-refractivity contribution in [3.63, 3.8) is 0 Å². The second-order valence-electron chi connectivity index (χ2n) is 9.61. The number of para-hydroxylation sites is 2. The molecule has 1 saturated heterocycles. The second-order valence-corrected chi connectivity index (χ2v) is 10.0. The Morgan fingerprint density at radius 3 is 2.48 bits per heavy atom. The van der Waals surface area contributed by atoms with E-state index in [1.165, 1.54) is 0 Å². The standard InChI is InChI=1S/C26H32ClN3O3/c1-26(2,3)33-25(31)29-15-12-19(13-16-29)14-17-30-23-7-5-4-6-22(23)28-24(30)18-32-21-10-8-20(27)9-11-21/h4-11,19H,12-18H2,1-3H3. The Hall–Kier alpha value is -2.73. The summed E-state index contributed by atoms with van der Waals surface area (Å²) in [4.78, 5) is 19.0. The van der Waals surface area contributed by atoms with Crippen LogP contribution in [0.3, 0.4) is 0 Å². The number of carbonyl (C=O) groups is 1. The van der Waals surface area contributed by atoms with Crippen molar-refractivity contribution in [3.05, 3.63) is 59.4 Å². The van der Waals surface area contributed by atoms with Crippen LogP contribution in [0.15, 0.2) is 48.5 Å². The number of carbonyl (C=O) groups excluding carboxylic acids is 1. The molecule has 1 amide bonds. The SMILES string of the molecule is CC(C)(C)OC(=O)N1CCC(CCn2c(COc3ccc(Cl)cc3)nc3ccccc32)CC1. The Labute approximate surface area is 200 Å². The maximum Gasteiger partial charge on any atom is 0.410 e. The zero-order valence-corrected chi connectivity index (χ0v) is 20.3. The lowest BCUT2D eigenvalue weighted by molar-refractivity contribution is 0.0180. The average Bonchev–Trinajstić information content (AvgIpc) is 3.14. The van der Waals surface area contributed by atoms with Crippen LogP contribution in [-0.2, 0) is 17.9 Å². The van der Waals surface area contributed by atoms with E-state index in [-0.39, 0.29) is 6.09 Å². The van der Waals surface area contributed by atoms with Gasteiger partial charge >= 0.3 is 6.09 Å². The topological polar surface area (TPSA) is 56.6 Å². The molecule has 176 valence electrons. The number of rotatable bonds is 6. The molecule has 4 rings (SSSR count). The fraction of sp³-hybridized carbons (Fsp3) is 0.462. The van der Waals surface area contributed by atoms with Crippen molar-refractivity contribution in [2.45, 2.75) is 58.8 Å². The van der Waals surface area contributed by atoms with Gasteiger partial charge in [0, 0.05) is 24.7 Å². The van der Waals surface area contributed by atoms with Gasteiger partial charge in [0.25, 0.3) is 0 Å². The molecule has 1 aliphatic heterocycles. The number of piperidine rings is 1. The van der Waals surface area contributed by atoms with Gasteiger partial charge in [-0.25, -0.2) is 9.78 Å². The molecular formula is C26H32ClN3O3. The van der Waals surface area contributed by atoms with Crippen LogP contribution in [0, 0.1) is 5.92 Å². The summed E-state index contributed by atoms with van der Waals surface area (Å²) < 4.78 is 13.8. The Kier molecular flexibility index (Phi) is 7.13. The lowest BCUT2D eigenvalue weighted by Crippen LogP contribution is -2.41. The van der Waals surface area contributed by atoms with Crippen molar-refractivity contribution < 1.29 is 14.3 Å². The largest absolute Gasteiger partial charge is 0.486 e. The van der Waals surface area contributed by atoms with E-state index in [2.05, 4.69) is 10.6 Å². The van der Waals surface area contributed by atoms with Crippen LogP contribution in [0.5, 0.6) is 5.75 Å². The van der Waals surface area contributed by atoms with Crippen molar-refractivity contribution in [1.82, 2.24) is 14.5 Å². The minimum Gasteiger partial charge on any atom is -0.486 e. The maximum atomic E-state index is 12.3. The fourth-order valence-corrected chi connectivity index (χ4v) is 4.33. The smallest absolute Gasteiger partial charge is 0.410 e. The third-order valence-corrected chi connectivity index (χ3v) is 6.19. The lowest BCUT2D eigenvalue weighted by Gasteiger charge is -2.33. The summed E-state index contributed by atoms with van der Waals surface area (Å²) in [7, 11) is 0. The van der Waals surface area contributed by atoms with Crippen LogP contribution in [0.4, 0.5) is 4.79 Å². The predicted molar refractivity (Wildman–Crippen MR) is 131 cm³/mol. The molecule has 0 radical (unpaired) electrons. The number of halogens is 1. The fourth-order valence-electron chi connectivity index (χ4n) is 4.21. The molecule has 0 saturated carbocycles. The average molecular weight is 470 g/mol. The number of aromatic nitrogens is 2. The van der Waals surface area contributed by atoms with E-state index in [0.29, 0.717) is 17.5 Å². The van der Waals surface area contributed by atoms with Crippen LogP contribution in [-0.4, -0.2) is 39.2 Å². The zero-order valence-electron chi connectivity index (χ0n) is 19.6. The molecule has 0 N–H and O–H groups in total. The molecule has 3 aromatic rings. The number of imidazole rings is 1. The van der Waals surface area contributed by atoms with Crippen LogP contribution in [0.1, 0.15) is 45.9 Å². The van der Waals surface area contributed by atoms with Gasteiger partial charge in [0.15, 0.2) is 0 Å². The molecule has 7 heteroatoms. The van der Waals surface area contributed by atoms with Gasteiger partial charge in [-0.1, -0.05) is 23.7 Å². The van der Waals surface area contributed by atoms with E-state index in [0.717, 1.165) is 61.5 Å². The van der Waals surface area contributed by atoms with Crippen LogP contribution < -0.4 is 4.74 Å². The third-order valence-electron chi connectivity index (χ3n) is 5.94. The summed E-state index contributed by atoms with van der Waals surface area (Å²) in [5, 5.41) is 0.687. The molecule has 1 aliphatic rings. The molecule has 6 nitrogen and oxygen atoms in total. The summed E-state index contributed by atoms with van der Waals surface area (Å²) >= 11 is 5.98. The number of fused-ring (bicyclic) bond motifs is 1. The lowest BCUT2D eigenvalue weighted by atomic mass is 9.93. The van der Waals surface area contributed by atoms with E-state index in [1.54, 1.807) is 0 Å². The van der Waals surface area contributed by atoms with E-state index >= 15 is 0 Å². The highest BCUT2D eigenvalue weighted by Crippen LogP contribution is 2.25. The molecule has 2 heterocycles. The monoisotopic (exact) mass is 469 g/mol. The van der Waals surface area contributed by atoms with Crippen molar-refractivity contribution in [2.24, 2.45) is 5.92 Å². The summed E-state index contributed by atoms with van der Waals surface area (Å²) in [6.45, 7) is 8.47. The number of benzene rings is 2. The molecule has 33 heavy (non-hydrogen) atoms. The Morgan fingerprint density at radius 1 is 1.09 bits per heavy atom. The molecule has 0 spiro atoms.